The van der Waals surface area contributed by atoms with Gasteiger partial charge < -0.3 is 10.3 Å². The van der Waals surface area contributed by atoms with Crippen LogP contribution in [0.15, 0.2) is 10.9 Å². The summed E-state index contributed by atoms with van der Waals surface area (Å²) in [7, 11) is 0. The molecule has 0 aliphatic heterocycles. The molecular weight excluding hydrogens is 190 g/mol. The molecule has 0 bridgehead atoms. The molecule has 80 valence electrons. The molecule has 0 fully saturated rings. The van der Waals surface area contributed by atoms with E-state index in [-0.39, 0.29) is 5.56 Å². The normalized spacial score (nSPS) is 9.60. The Morgan fingerprint density at radius 2 is 2.40 bits per heavy atom. The Balaban J connectivity index is 2.38. The zero-order chi connectivity index (χ0) is 11.1. The van der Waals surface area contributed by atoms with Crippen LogP contribution in [0.4, 0.5) is 5.82 Å². The van der Waals surface area contributed by atoms with Gasteiger partial charge in [-0.15, -0.1) is 12.3 Å². The van der Waals surface area contributed by atoms with Crippen LogP contribution in [0.5, 0.6) is 0 Å². The van der Waals surface area contributed by atoms with Crippen molar-refractivity contribution in [1.29, 1.82) is 0 Å². The minimum Gasteiger partial charge on any atom is -0.370 e. The largest absolute Gasteiger partial charge is 0.370 e. The lowest BCUT2D eigenvalue weighted by Crippen LogP contribution is -2.12. The van der Waals surface area contributed by atoms with E-state index in [0.717, 1.165) is 25.8 Å². The van der Waals surface area contributed by atoms with Crippen molar-refractivity contribution in [3.05, 3.63) is 22.2 Å². The lowest BCUT2D eigenvalue weighted by atomic mass is 10.2. The van der Waals surface area contributed by atoms with Crippen LogP contribution in [0.2, 0.25) is 0 Å². The standard InChI is InChI=1S/C11H15N3O/c1-3-4-5-6-7-12-10-8-11(15)14-9(2)13-10/h1,8H,4-7H2,2H3,(H2,12,13,14,15). The third-order valence-corrected chi connectivity index (χ3v) is 1.91. The molecule has 1 aromatic rings. The molecular formula is C11H15N3O. The number of nitrogens with one attached hydrogen (secondary N) is 2. The van der Waals surface area contributed by atoms with Crippen LogP contribution in [0.25, 0.3) is 0 Å². The molecule has 0 saturated heterocycles. The second kappa shape index (κ2) is 5.86. The molecule has 0 radical (unpaired) electrons. The number of anilines is 1. The van der Waals surface area contributed by atoms with Crippen molar-refractivity contribution in [2.75, 3.05) is 11.9 Å². The minimum atomic E-state index is -0.131. The van der Waals surface area contributed by atoms with E-state index in [2.05, 4.69) is 21.2 Å². The van der Waals surface area contributed by atoms with Crippen LogP contribution < -0.4 is 10.9 Å². The fourth-order valence-corrected chi connectivity index (χ4v) is 1.24. The van der Waals surface area contributed by atoms with Crippen molar-refractivity contribution in [2.45, 2.75) is 26.2 Å². The molecule has 1 heterocycles. The summed E-state index contributed by atoms with van der Waals surface area (Å²) in [5.74, 6) is 3.83. The topological polar surface area (TPSA) is 57.8 Å². The maximum absolute atomic E-state index is 11.1. The Labute approximate surface area is 89.1 Å². The number of hydrogen-bond acceptors (Lipinski definition) is 3. The van der Waals surface area contributed by atoms with Crippen LogP contribution in [-0.4, -0.2) is 16.5 Å². The SMILES string of the molecule is C#CCCCCNc1cc(=O)[nH]c(C)n1. The summed E-state index contributed by atoms with van der Waals surface area (Å²) in [5.41, 5.74) is -0.131. The second-order valence-corrected chi connectivity index (χ2v) is 3.30. The quantitative estimate of drug-likeness (QED) is 0.562. The number of H-pyrrole nitrogens is 1. The minimum absolute atomic E-state index is 0.131. The number of rotatable bonds is 5. The first-order chi connectivity index (χ1) is 7.22. The summed E-state index contributed by atoms with van der Waals surface area (Å²) >= 11 is 0. The van der Waals surface area contributed by atoms with Crippen molar-refractivity contribution < 1.29 is 0 Å². The van der Waals surface area contributed by atoms with Crippen LogP contribution in [0.3, 0.4) is 0 Å². The van der Waals surface area contributed by atoms with Gasteiger partial charge in [-0.25, -0.2) is 4.98 Å². The van der Waals surface area contributed by atoms with Crippen LogP contribution in [0.1, 0.15) is 25.1 Å². The molecule has 4 heteroatoms. The number of unbranched alkanes of at least 4 members (excludes halogenated alkanes) is 2. The summed E-state index contributed by atoms with van der Waals surface area (Å²) in [6, 6.07) is 1.45. The molecule has 0 amide bonds. The highest BCUT2D eigenvalue weighted by Crippen LogP contribution is 2.00. The van der Waals surface area contributed by atoms with Crippen molar-refractivity contribution in [2.24, 2.45) is 0 Å². The zero-order valence-corrected chi connectivity index (χ0v) is 8.84. The molecule has 1 aromatic heterocycles. The molecule has 2 N–H and O–H groups in total. The Morgan fingerprint density at radius 1 is 1.60 bits per heavy atom. The van der Waals surface area contributed by atoms with Gasteiger partial charge in [-0.1, -0.05) is 0 Å². The van der Waals surface area contributed by atoms with Gasteiger partial charge in [0, 0.05) is 19.0 Å². The predicted octanol–water partition coefficient (Wildman–Crippen LogP) is 1.29. The van der Waals surface area contributed by atoms with Gasteiger partial charge in [0.1, 0.15) is 11.6 Å². The maximum Gasteiger partial charge on any atom is 0.252 e. The number of hydrogen-bond donors (Lipinski definition) is 2. The Hall–Kier alpha value is -1.76. The summed E-state index contributed by atoms with van der Waals surface area (Å²) in [6.07, 6.45) is 7.90. The van der Waals surface area contributed by atoms with Crippen LogP contribution in [0, 0.1) is 19.3 Å². The highest BCUT2D eigenvalue weighted by atomic mass is 16.1. The van der Waals surface area contributed by atoms with E-state index in [9.17, 15) is 4.79 Å². The van der Waals surface area contributed by atoms with E-state index in [0.29, 0.717) is 11.6 Å². The molecule has 0 aliphatic rings. The number of terminal acetylenes is 1. The monoisotopic (exact) mass is 205 g/mol. The summed E-state index contributed by atoms with van der Waals surface area (Å²) in [5, 5.41) is 3.09. The molecule has 0 saturated carbocycles. The molecule has 0 spiro atoms. The fourth-order valence-electron chi connectivity index (χ4n) is 1.24. The smallest absolute Gasteiger partial charge is 0.252 e. The highest BCUT2D eigenvalue weighted by molar-refractivity contribution is 5.32. The summed E-state index contributed by atoms with van der Waals surface area (Å²) in [4.78, 5) is 17.8. The van der Waals surface area contributed by atoms with E-state index in [1.807, 2.05) is 0 Å². The van der Waals surface area contributed by atoms with Crippen molar-refractivity contribution in [3.8, 4) is 12.3 Å². The van der Waals surface area contributed by atoms with Gasteiger partial charge >= 0.3 is 0 Å². The third-order valence-electron chi connectivity index (χ3n) is 1.91. The van der Waals surface area contributed by atoms with Gasteiger partial charge in [-0.2, -0.15) is 0 Å². The molecule has 1 rings (SSSR count). The van der Waals surface area contributed by atoms with Gasteiger partial charge in [0.05, 0.1) is 0 Å². The molecule has 4 nitrogen and oxygen atoms in total. The third kappa shape index (κ3) is 4.32. The van der Waals surface area contributed by atoms with E-state index in [1.54, 1.807) is 6.92 Å². The maximum atomic E-state index is 11.1. The first kappa shape index (κ1) is 11.3. The lowest BCUT2D eigenvalue weighted by molar-refractivity contribution is 0.786. The number of aromatic nitrogens is 2. The lowest BCUT2D eigenvalue weighted by Gasteiger charge is -2.04. The Morgan fingerprint density at radius 3 is 3.07 bits per heavy atom. The first-order valence-electron chi connectivity index (χ1n) is 4.97. The van der Waals surface area contributed by atoms with Crippen molar-refractivity contribution in [3.63, 3.8) is 0 Å². The predicted molar refractivity (Wildman–Crippen MR) is 60.8 cm³/mol. The fraction of sp³-hybridized carbons (Fsp3) is 0.455. The van der Waals surface area contributed by atoms with Crippen molar-refractivity contribution in [1.82, 2.24) is 9.97 Å². The van der Waals surface area contributed by atoms with Gasteiger partial charge in [-0.05, 0) is 19.8 Å². The van der Waals surface area contributed by atoms with E-state index < -0.39 is 0 Å². The summed E-state index contributed by atoms with van der Waals surface area (Å²) in [6.45, 7) is 2.54. The Bertz CT molecular complexity index is 403. The summed E-state index contributed by atoms with van der Waals surface area (Å²) < 4.78 is 0. The highest BCUT2D eigenvalue weighted by Gasteiger charge is 1.96. The number of aromatic amines is 1. The molecule has 0 aromatic carbocycles. The van der Waals surface area contributed by atoms with Gasteiger partial charge in [-0.3, -0.25) is 4.79 Å². The average Bonchev–Trinajstić information content (AvgIpc) is 2.16. The molecule has 0 aliphatic carbocycles. The zero-order valence-electron chi connectivity index (χ0n) is 8.84. The van der Waals surface area contributed by atoms with E-state index >= 15 is 0 Å². The average molecular weight is 205 g/mol. The van der Waals surface area contributed by atoms with Crippen LogP contribution in [-0.2, 0) is 0 Å². The van der Waals surface area contributed by atoms with Crippen molar-refractivity contribution >= 4 is 5.82 Å². The van der Waals surface area contributed by atoms with E-state index in [4.69, 9.17) is 6.42 Å². The molecule has 0 unspecified atom stereocenters. The number of aryl methyl sites for hydroxylation is 1. The first-order valence-corrected chi connectivity index (χ1v) is 4.97. The molecule has 0 atom stereocenters. The van der Waals surface area contributed by atoms with Crippen LogP contribution >= 0.6 is 0 Å². The second-order valence-electron chi connectivity index (χ2n) is 3.30. The van der Waals surface area contributed by atoms with E-state index in [1.165, 1.54) is 6.07 Å². The van der Waals surface area contributed by atoms with Gasteiger partial charge in [0.15, 0.2) is 0 Å². The Kier molecular flexibility index (Phi) is 4.42. The molecule has 15 heavy (non-hydrogen) atoms. The number of nitrogens with zero attached hydrogens (tertiary/aromatic N) is 1. The van der Waals surface area contributed by atoms with Gasteiger partial charge in [0.2, 0.25) is 0 Å². The van der Waals surface area contributed by atoms with Gasteiger partial charge in [0.25, 0.3) is 5.56 Å².